The molecule has 0 saturated heterocycles. The van der Waals surface area contributed by atoms with Crippen molar-refractivity contribution in [1.29, 1.82) is 0 Å². The van der Waals surface area contributed by atoms with Crippen LogP contribution in [-0.2, 0) is 4.79 Å². The van der Waals surface area contributed by atoms with E-state index in [1.54, 1.807) is 12.1 Å². The summed E-state index contributed by atoms with van der Waals surface area (Å²) in [5.74, 6) is -2.51. The van der Waals surface area contributed by atoms with E-state index in [9.17, 15) is 20.0 Å². The number of aliphatic carboxylic acids is 1. The normalized spacial score (nSPS) is 12.2. The molecule has 1 aromatic heterocycles. The van der Waals surface area contributed by atoms with E-state index in [2.05, 4.69) is 9.97 Å². The lowest BCUT2D eigenvalue weighted by Gasteiger charge is -2.09. The monoisotopic (exact) mass is 297 g/mol. The minimum Gasteiger partial charge on any atom is -0.480 e. The van der Waals surface area contributed by atoms with E-state index in [1.807, 2.05) is 30.3 Å². The summed E-state index contributed by atoms with van der Waals surface area (Å²) in [6.07, 6.45) is 1.02. The first-order valence-corrected chi connectivity index (χ1v) is 6.47. The van der Waals surface area contributed by atoms with Gasteiger partial charge in [0.25, 0.3) is 0 Å². The molecule has 0 fully saturated rings. The van der Waals surface area contributed by atoms with Crippen molar-refractivity contribution in [3.63, 3.8) is 0 Å². The molecule has 1 heterocycles. The number of rotatable bonds is 4. The van der Waals surface area contributed by atoms with Crippen molar-refractivity contribution in [2.75, 3.05) is 0 Å². The standard InChI is InChI=1S/C15H11N3O4/c19-15(20)13(14-16-8-12(17-14)18(21)22)11-6-5-9-3-1-2-4-10(9)7-11/h1-8,13H,(H,16,17)(H,19,20). The average Bonchev–Trinajstić information content (AvgIpc) is 2.96. The van der Waals surface area contributed by atoms with E-state index in [-0.39, 0.29) is 11.6 Å². The number of imidazole rings is 1. The lowest BCUT2D eigenvalue weighted by atomic mass is 9.96. The lowest BCUT2D eigenvalue weighted by Crippen LogP contribution is -2.14. The first-order chi connectivity index (χ1) is 10.6. The van der Waals surface area contributed by atoms with Gasteiger partial charge in [0.05, 0.1) is 0 Å². The zero-order valence-corrected chi connectivity index (χ0v) is 11.3. The molecule has 7 nitrogen and oxygen atoms in total. The minimum atomic E-state index is -1.13. The number of H-pyrrole nitrogens is 1. The molecule has 7 heteroatoms. The molecule has 1 atom stereocenters. The smallest absolute Gasteiger partial charge is 0.340 e. The summed E-state index contributed by atoms with van der Waals surface area (Å²) in [6.45, 7) is 0. The molecule has 2 aromatic carbocycles. The lowest BCUT2D eigenvalue weighted by molar-refractivity contribution is -0.389. The van der Waals surface area contributed by atoms with Crippen LogP contribution in [-0.4, -0.2) is 26.0 Å². The second kappa shape index (κ2) is 5.28. The number of carboxylic acids is 1. The Hall–Kier alpha value is -3.22. The maximum atomic E-state index is 11.6. The van der Waals surface area contributed by atoms with Crippen molar-refractivity contribution in [2.24, 2.45) is 0 Å². The predicted molar refractivity (Wildman–Crippen MR) is 78.7 cm³/mol. The van der Waals surface area contributed by atoms with Crippen LogP contribution < -0.4 is 0 Å². The van der Waals surface area contributed by atoms with E-state index in [1.165, 1.54) is 0 Å². The number of hydrogen-bond donors (Lipinski definition) is 2. The number of aromatic amines is 1. The molecule has 2 N–H and O–H groups in total. The van der Waals surface area contributed by atoms with Gasteiger partial charge in [0.1, 0.15) is 6.20 Å². The Labute approximate surface area is 124 Å². The molecular weight excluding hydrogens is 286 g/mol. The van der Waals surface area contributed by atoms with Crippen molar-refractivity contribution in [3.05, 3.63) is 70.2 Å². The Morgan fingerprint density at radius 1 is 1.23 bits per heavy atom. The van der Waals surface area contributed by atoms with Gasteiger partial charge < -0.3 is 15.2 Å². The second-order valence-corrected chi connectivity index (χ2v) is 4.79. The molecule has 110 valence electrons. The Morgan fingerprint density at radius 3 is 2.59 bits per heavy atom. The number of nitro groups is 1. The van der Waals surface area contributed by atoms with Crippen molar-refractivity contribution in [2.45, 2.75) is 5.92 Å². The summed E-state index contributed by atoms with van der Waals surface area (Å²) in [5, 5.41) is 22.1. The fourth-order valence-electron chi connectivity index (χ4n) is 2.37. The molecule has 0 saturated carbocycles. The van der Waals surface area contributed by atoms with Gasteiger partial charge in [0.15, 0.2) is 5.92 Å². The van der Waals surface area contributed by atoms with Crippen LogP contribution in [0.25, 0.3) is 10.8 Å². The number of aromatic nitrogens is 2. The van der Waals surface area contributed by atoms with Crippen molar-refractivity contribution in [1.82, 2.24) is 9.97 Å². The van der Waals surface area contributed by atoms with Gasteiger partial charge in [-0.15, -0.1) is 0 Å². The zero-order chi connectivity index (χ0) is 15.7. The van der Waals surface area contributed by atoms with E-state index in [4.69, 9.17) is 0 Å². The molecule has 3 aromatic rings. The zero-order valence-electron chi connectivity index (χ0n) is 11.3. The largest absolute Gasteiger partial charge is 0.480 e. The van der Waals surface area contributed by atoms with E-state index < -0.39 is 16.8 Å². The number of hydrogen-bond acceptors (Lipinski definition) is 4. The second-order valence-electron chi connectivity index (χ2n) is 4.79. The summed E-state index contributed by atoms with van der Waals surface area (Å²) >= 11 is 0. The fourth-order valence-corrected chi connectivity index (χ4v) is 2.37. The van der Waals surface area contributed by atoms with Crippen LogP contribution in [0.1, 0.15) is 17.3 Å². The maximum Gasteiger partial charge on any atom is 0.340 e. The van der Waals surface area contributed by atoms with Crippen molar-refractivity contribution >= 4 is 22.6 Å². The summed E-state index contributed by atoms with van der Waals surface area (Å²) < 4.78 is 0. The Balaban J connectivity index is 2.09. The van der Waals surface area contributed by atoms with Crippen LogP contribution in [0.2, 0.25) is 0 Å². The number of carbonyl (C=O) groups is 1. The van der Waals surface area contributed by atoms with Crippen LogP contribution in [0, 0.1) is 10.1 Å². The molecule has 0 spiro atoms. The number of nitrogens with one attached hydrogen (secondary N) is 1. The molecule has 1 unspecified atom stereocenters. The molecule has 0 bridgehead atoms. The van der Waals surface area contributed by atoms with Crippen molar-refractivity contribution in [3.8, 4) is 0 Å². The molecule has 0 amide bonds. The molecule has 3 rings (SSSR count). The van der Waals surface area contributed by atoms with Gasteiger partial charge in [-0.3, -0.25) is 4.79 Å². The van der Waals surface area contributed by atoms with E-state index in [0.29, 0.717) is 5.56 Å². The maximum absolute atomic E-state index is 11.6. The molecule has 0 aliphatic heterocycles. The number of nitrogens with zero attached hydrogens (tertiary/aromatic N) is 2. The van der Waals surface area contributed by atoms with E-state index in [0.717, 1.165) is 17.0 Å². The predicted octanol–water partition coefficient (Wildman–Crippen LogP) is 2.69. The fraction of sp³-hybridized carbons (Fsp3) is 0.0667. The Morgan fingerprint density at radius 2 is 1.95 bits per heavy atom. The summed E-state index contributed by atoms with van der Waals surface area (Å²) in [6, 6.07) is 12.8. The highest BCUT2D eigenvalue weighted by atomic mass is 16.6. The van der Waals surface area contributed by atoms with Gasteiger partial charge in [0, 0.05) is 0 Å². The summed E-state index contributed by atoms with van der Waals surface area (Å²) in [4.78, 5) is 27.9. The first-order valence-electron chi connectivity index (χ1n) is 6.47. The summed E-state index contributed by atoms with van der Waals surface area (Å²) in [7, 11) is 0. The molecule has 0 radical (unpaired) electrons. The summed E-state index contributed by atoms with van der Waals surface area (Å²) in [5.41, 5.74) is 0.510. The molecule has 0 aliphatic carbocycles. The topological polar surface area (TPSA) is 109 Å². The van der Waals surface area contributed by atoms with Gasteiger partial charge in [-0.1, -0.05) is 36.4 Å². The Bertz CT molecular complexity index is 872. The SMILES string of the molecule is O=C(O)C(c1ccc2ccccc2c1)c1ncc([N+](=O)[O-])[nH]1. The molecule has 22 heavy (non-hydrogen) atoms. The first kappa shape index (κ1) is 13.7. The number of benzene rings is 2. The van der Waals surface area contributed by atoms with Gasteiger partial charge in [-0.25, -0.2) is 9.97 Å². The van der Waals surface area contributed by atoms with Crippen LogP contribution in [0.4, 0.5) is 5.82 Å². The van der Waals surface area contributed by atoms with Crippen LogP contribution in [0.3, 0.4) is 0 Å². The third kappa shape index (κ3) is 2.39. The van der Waals surface area contributed by atoms with Crippen molar-refractivity contribution < 1.29 is 14.8 Å². The third-order valence-electron chi connectivity index (χ3n) is 3.41. The number of carboxylic acid groups (broad SMARTS) is 1. The number of fused-ring (bicyclic) bond motifs is 1. The molecular formula is C15H11N3O4. The Kier molecular flexibility index (Phi) is 3.30. The molecule has 0 aliphatic rings. The quantitative estimate of drug-likeness (QED) is 0.568. The minimum absolute atomic E-state index is 0.0366. The van der Waals surface area contributed by atoms with Crippen LogP contribution in [0.5, 0.6) is 0 Å². The van der Waals surface area contributed by atoms with Crippen LogP contribution >= 0.6 is 0 Å². The van der Waals surface area contributed by atoms with Gasteiger partial charge >= 0.3 is 11.8 Å². The van der Waals surface area contributed by atoms with Gasteiger partial charge in [0.2, 0.25) is 5.82 Å². The highest BCUT2D eigenvalue weighted by molar-refractivity contribution is 5.86. The third-order valence-corrected chi connectivity index (χ3v) is 3.41. The average molecular weight is 297 g/mol. The van der Waals surface area contributed by atoms with Crippen LogP contribution in [0.15, 0.2) is 48.7 Å². The van der Waals surface area contributed by atoms with E-state index >= 15 is 0 Å². The highest BCUT2D eigenvalue weighted by Crippen LogP contribution is 2.27. The highest BCUT2D eigenvalue weighted by Gasteiger charge is 2.29. The van der Waals surface area contributed by atoms with Gasteiger partial charge in [-0.05, 0) is 27.3 Å². The van der Waals surface area contributed by atoms with Gasteiger partial charge in [-0.2, -0.15) is 0 Å².